The van der Waals surface area contributed by atoms with Crippen LogP contribution in [0.5, 0.6) is 0 Å². The molecule has 7 heteroatoms. The molecule has 0 saturated carbocycles. The number of amides is 1. The van der Waals surface area contributed by atoms with E-state index < -0.39 is 0 Å². The molecule has 2 aromatic heterocycles. The molecule has 0 radical (unpaired) electrons. The number of anilines is 1. The van der Waals surface area contributed by atoms with Crippen LogP contribution >= 0.6 is 23.1 Å². The van der Waals surface area contributed by atoms with Gasteiger partial charge in [-0.1, -0.05) is 23.9 Å². The van der Waals surface area contributed by atoms with Gasteiger partial charge in [0.2, 0.25) is 5.91 Å². The largest absolute Gasteiger partial charge is 0.325 e. The van der Waals surface area contributed by atoms with Crippen LogP contribution in [-0.4, -0.2) is 26.9 Å². The van der Waals surface area contributed by atoms with Gasteiger partial charge in [-0.05, 0) is 52.3 Å². The molecule has 2 heterocycles. The molecule has 0 unspecified atom stereocenters. The fourth-order valence-corrected chi connectivity index (χ4v) is 4.87. The number of benzene rings is 1. The van der Waals surface area contributed by atoms with E-state index in [2.05, 4.69) is 29.1 Å². The zero-order valence-corrected chi connectivity index (χ0v) is 17.5. The topological polar surface area (TPSA) is 72.0 Å². The second kappa shape index (κ2) is 7.78. The zero-order valence-electron chi connectivity index (χ0n) is 15.9. The SMILES string of the molecule is CC(=O)c1cccc(NC(=O)[C@@H](C)Sc2nc(C)nc3sc(C)c(C)c23)c1. The Balaban J connectivity index is 1.82. The number of fused-ring (bicyclic) bond motifs is 1. The molecule has 0 fully saturated rings. The fourth-order valence-electron chi connectivity index (χ4n) is 2.68. The third-order valence-corrected chi connectivity index (χ3v) is 6.49. The number of aromatic nitrogens is 2. The van der Waals surface area contributed by atoms with E-state index >= 15 is 0 Å². The molecule has 0 aliphatic heterocycles. The molecular weight excluding hydrogens is 378 g/mol. The van der Waals surface area contributed by atoms with Crippen LogP contribution in [0.3, 0.4) is 0 Å². The molecule has 1 atom stereocenters. The Morgan fingerprint density at radius 3 is 2.63 bits per heavy atom. The highest BCUT2D eigenvalue weighted by Gasteiger charge is 2.20. The van der Waals surface area contributed by atoms with Crippen LogP contribution in [0.25, 0.3) is 10.2 Å². The van der Waals surface area contributed by atoms with Crippen LogP contribution in [0.15, 0.2) is 29.3 Å². The molecule has 27 heavy (non-hydrogen) atoms. The average Bonchev–Trinajstić information content (AvgIpc) is 2.89. The molecule has 0 aliphatic carbocycles. The number of Topliss-reactive ketones (excluding diaryl/α,β-unsaturated/α-hetero) is 1. The van der Waals surface area contributed by atoms with E-state index in [1.807, 2.05) is 13.8 Å². The molecule has 5 nitrogen and oxygen atoms in total. The lowest BCUT2D eigenvalue weighted by atomic mass is 10.1. The number of ketones is 1. The van der Waals surface area contributed by atoms with Gasteiger partial charge in [0, 0.05) is 21.5 Å². The minimum atomic E-state index is -0.344. The summed E-state index contributed by atoms with van der Waals surface area (Å²) in [6, 6.07) is 6.97. The lowest BCUT2D eigenvalue weighted by Crippen LogP contribution is -2.22. The van der Waals surface area contributed by atoms with Crippen molar-refractivity contribution < 1.29 is 9.59 Å². The van der Waals surface area contributed by atoms with Gasteiger partial charge in [-0.2, -0.15) is 0 Å². The molecule has 0 bridgehead atoms. The van der Waals surface area contributed by atoms with Gasteiger partial charge in [-0.15, -0.1) is 11.3 Å². The normalized spacial score (nSPS) is 12.2. The minimum absolute atomic E-state index is 0.0318. The van der Waals surface area contributed by atoms with Crippen molar-refractivity contribution in [3.05, 3.63) is 46.1 Å². The summed E-state index contributed by atoms with van der Waals surface area (Å²) in [5.41, 5.74) is 2.36. The minimum Gasteiger partial charge on any atom is -0.325 e. The van der Waals surface area contributed by atoms with Crippen LogP contribution in [0, 0.1) is 20.8 Å². The standard InChI is InChI=1S/C20H21N3O2S2/c1-10-12(3)26-19-17(10)20(22-14(5)21-19)27-13(4)18(25)23-16-8-6-7-15(9-16)11(2)24/h6-9,13H,1-5H3,(H,23,25)/t13-/m1/s1. The number of hydrogen-bond donors (Lipinski definition) is 1. The summed E-state index contributed by atoms with van der Waals surface area (Å²) in [5.74, 6) is 0.540. The first kappa shape index (κ1) is 19.5. The van der Waals surface area contributed by atoms with Gasteiger partial charge < -0.3 is 5.32 Å². The van der Waals surface area contributed by atoms with Gasteiger partial charge in [0.05, 0.1) is 5.25 Å². The number of carbonyl (C=O) groups is 2. The summed E-state index contributed by atoms with van der Waals surface area (Å²) in [6.45, 7) is 9.37. The third-order valence-electron chi connectivity index (χ3n) is 4.30. The van der Waals surface area contributed by atoms with Crippen molar-refractivity contribution in [1.29, 1.82) is 0 Å². The van der Waals surface area contributed by atoms with E-state index in [0.717, 1.165) is 15.2 Å². The van der Waals surface area contributed by atoms with E-state index in [-0.39, 0.29) is 16.9 Å². The van der Waals surface area contributed by atoms with Crippen LogP contribution in [0.1, 0.15) is 40.5 Å². The number of carbonyl (C=O) groups excluding carboxylic acids is 2. The van der Waals surface area contributed by atoms with E-state index in [0.29, 0.717) is 17.1 Å². The molecular formula is C20H21N3O2S2. The number of aryl methyl sites for hydroxylation is 3. The first-order valence-corrected chi connectivity index (χ1v) is 10.3. The van der Waals surface area contributed by atoms with Crippen molar-refractivity contribution in [3.8, 4) is 0 Å². The Hall–Kier alpha value is -2.25. The maximum atomic E-state index is 12.7. The lowest BCUT2D eigenvalue weighted by Gasteiger charge is -2.13. The molecule has 1 amide bonds. The smallest absolute Gasteiger partial charge is 0.237 e. The Morgan fingerprint density at radius 1 is 1.19 bits per heavy atom. The summed E-state index contributed by atoms with van der Waals surface area (Å²) in [4.78, 5) is 35.4. The van der Waals surface area contributed by atoms with Crippen LogP contribution in [-0.2, 0) is 4.79 Å². The number of thiophene rings is 1. The molecule has 0 saturated heterocycles. The average molecular weight is 400 g/mol. The highest BCUT2D eigenvalue weighted by atomic mass is 32.2. The van der Waals surface area contributed by atoms with E-state index in [1.165, 1.54) is 29.1 Å². The second-order valence-electron chi connectivity index (χ2n) is 6.43. The van der Waals surface area contributed by atoms with Crippen molar-refractivity contribution in [3.63, 3.8) is 0 Å². The van der Waals surface area contributed by atoms with Crippen molar-refractivity contribution in [1.82, 2.24) is 9.97 Å². The Kier molecular flexibility index (Phi) is 5.62. The predicted octanol–water partition coefficient (Wildman–Crippen LogP) is 4.94. The first-order valence-electron chi connectivity index (χ1n) is 8.59. The lowest BCUT2D eigenvalue weighted by molar-refractivity contribution is -0.115. The maximum absolute atomic E-state index is 12.7. The van der Waals surface area contributed by atoms with Crippen molar-refractivity contribution >= 4 is 50.7 Å². The molecule has 3 aromatic rings. The quantitative estimate of drug-likeness (QED) is 0.374. The third kappa shape index (κ3) is 4.20. The summed E-state index contributed by atoms with van der Waals surface area (Å²) >= 11 is 3.08. The molecule has 3 rings (SSSR count). The van der Waals surface area contributed by atoms with Crippen molar-refractivity contribution in [2.45, 2.75) is 44.9 Å². The fraction of sp³-hybridized carbons (Fsp3) is 0.300. The van der Waals surface area contributed by atoms with Crippen molar-refractivity contribution in [2.75, 3.05) is 5.32 Å². The molecule has 140 valence electrons. The molecule has 0 spiro atoms. The van der Waals surface area contributed by atoms with E-state index in [4.69, 9.17) is 0 Å². The number of thioether (sulfide) groups is 1. The van der Waals surface area contributed by atoms with E-state index in [1.54, 1.807) is 35.6 Å². The second-order valence-corrected chi connectivity index (χ2v) is 8.96. The molecule has 1 N–H and O–H groups in total. The van der Waals surface area contributed by atoms with Crippen LogP contribution < -0.4 is 5.32 Å². The Morgan fingerprint density at radius 2 is 1.93 bits per heavy atom. The van der Waals surface area contributed by atoms with Gasteiger partial charge in [-0.25, -0.2) is 9.97 Å². The summed E-state index contributed by atoms with van der Waals surface area (Å²) < 4.78 is 0. The molecule has 1 aromatic carbocycles. The summed E-state index contributed by atoms with van der Waals surface area (Å²) in [6.07, 6.45) is 0. The highest BCUT2D eigenvalue weighted by molar-refractivity contribution is 8.00. The van der Waals surface area contributed by atoms with Gasteiger partial charge in [0.1, 0.15) is 15.7 Å². The number of hydrogen-bond acceptors (Lipinski definition) is 6. The van der Waals surface area contributed by atoms with Gasteiger partial charge in [0.25, 0.3) is 0 Å². The number of nitrogens with zero attached hydrogens (tertiary/aromatic N) is 2. The Labute approximate surface area is 166 Å². The predicted molar refractivity (Wildman–Crippen MR) is 112 cm³/mol. The van der Waals surface area contributed by atoms with Gasteiger partial charge in [0.15, 0.2) is 5.78 Å². The van der Waals surface area contributed by atoms with Crippen molar-refractivity contribution in [2.24, 2.45) is 0 Å². The summed E-state index contributed by atoms with van der Waals surface area (Å²) in [5, 5.41) is 4.41. The number of nitrogens with one attached hydrogen (secondary N) is 1. The van der Waals surface area contributed by atoms with Crippen LogP contribution in [0.2, 0.25) is 0 Å². The van der Waals surface area contributed by atoms with E-state index in [9.17, 15) is 9.59 Å². The zero-order chi connectivity index (χ0) is 19.7. The Bertz CT molecular complexity index is 1040. The molecule has 0 aliphatic rings. The highest BCUT2D eigenvalue weighted by Crippen LogP contribution is 2.36. The maximum Gasteiger partial charge on any atom is 0.237 e. The monoisotopic (exact) mass is 399 g/mol. The van der Waals surface area contributed by atoms with Gasteiger partial charge in [-0.3, -0.25) is 9.59 Å². The van der Waals surface area contributed by atoms with Crippen LogP contribution in [0.4, 0.5) is 5.69 Å². The van der Waals surface area contributed by atoms with Gasteiger partial charge >= 0.3 is 0 Å². The number of rotatable bonds is 5. The summed E-state index contributed by atoms with van der Waals surface area (Å²) in [7, 11) is 0. The first-order chi connectivity index (χ1) is 12.8.